The number of anilines is 1. The highest BCUT2D eigenvalue weighted by molar-refractivity contribution is 6.00. The first kappa shape index (κ1) is 17.8. The lowest BCUT2D eigenvalue weighted by Crippen LogP contribution is -2.42. The summed E-state index contributed by atoms with van der Waals surface area (Å²) in [5, 5.41) is 4.95. The van der Waals surface area contributed by atoms with Crippen LogP contribution in [0.3, 0.4) is 0 Å². The molecule has 0 aliphatic rings. The number of carbonyl (C=O) groups excluding carboxylic acids is 1. The van der Waals surface area contributed by atoms with Crippen LogP contribution in [-0.2, 0) is 0 Å². The highest BCUT2D eigenvalue weighted by Gasteiger charge is 2.27. The van der Waals surface area contributed by atoms with Gasteiger partial charge in [0.25, 0.3) is 5.91 Å². The number of amides is 1. The summed E-state index contributed by atoms with van der Waals surface area (Å²) in [6, 6.07) is 3.20. The van der Waals surface area contributed by atoms with Crippen molar-refractivity contribution in [2.45, 2.75) is 32.0 Å². The van der Waals surface area contributed by atoms with Crippen LogP contribution in [0.4, 0.5) is 23.2 Å². The van der Waals surface area contributed by atoms with Crippen molar-refractivity contribution < 1.29 is 22.4 Å². The summed E-state index contributed by atoms with van der Waals surface area (Å²) in [5.41, 5.74) is -0.934. The molecule has 0 aliphatic carbocycles. The Hall–Kier alpha value is -2.23. The van der Waals surface area contributed by atoms with Crippen LogP contribution in [0, 0.1) is 18.2 Å². The van der Waals surface area contributed by atoms with Crippen LogP contribution in [0.15, 0.2) is 18.2 Å². The van der Waals surface area contributed by atoms with E-state index in [0.29, 0.717) is 0 Å². The predicted octanol–water partition coefficient (Wildman–Crippen LogP) is 3.33. The average Bonchev–Trinajstić information content (AvgIpc) is 2.36. The van der Waals surface area contributed by atoms with E-state index in [1.807, 2.05) is 0 Å². The van der Waals surface area contributed by atoms with Crippen molar-refractivity contribution in [1.29, 1.82) is 0 Å². The van der Waals surface area contributed by atoms with Gasteiger partial charge in [-0.15, -0.1) is 6.42 Å². The number of hydrogen-bond acceptors (Lipinski definition) is 2. The predicted molar refractivity (Wildman–Crippen MR) is 75.9 cm³/mol. The molecule has 3 nitrogen and oxygen atoms in total. The van der Waals surface area contributed by atoms with Gasteiger partial charge in [-0.1, -0.05) is 5.92 Å². The van der Waals surface area contributed by atoms with Crippen LogP contribution in [-0.4, -0.2) is 24.2 Å². The normalized spacial score (nSPS) is 11.7. The van der Waals surface area contributed by atoms with E-state index >= 15 is 0 Å². The second kappa shape index (κ2) is 6.69. The molecule has 1 rings (SSSR count). The van der Waals surface area contributed by atoms with Crippen molar-refractivity contribution in [3.63, 3.8) is 0 Å². The summed E-state index contributed by atoms with van der Waals surface area (Å²) in [6.07, 6.45) is -0.178. The van der Waals surface area contributed by atoms with E-state index in [0.717, 1.165) is 12.1 Å². The van der Waals surface area contributed by atoms with E-state index in [-0.39, 0.29) is 11.3 Å². The smallest absolute Gasteiger partial charge is 0.384 e. The Morgan fingerprint density at radius 1 is 1.32 bits per heavy atom. The molecule has 0 spiro atoms. The Kier molecular flexibility index (Phi) is 5.42. The lowest BCUT2D eigenvalue weighted by atomic mass is 10.1. The minimum absolute atomic E-state index is 0.0189. The third-order valence-corrected chi connectivity index (χ3v) is 2.74. The molecular weight excluding hydrogens is 300 g/mol. The Bertz CT molecular complexity index is 588. The van der Waals surface area contributed by atoms with Crippen molar-refractivity contribution in [2.24, 2.45) is 0 Å². The maximum atomic E-state index is 13.2. The second-order valence-corrected chi connectivity index (χ2v) is 5.21. The quantitative estimate of drug-likeness (QED) is 0.646. The zero-order valence-corrected chi connectivity index (χ0v) is 12.1. The van der Waals surface area contributed by atoms with Crippen LogP contribution in [0.2, 0.25) is 0 Å². The van der Waals surface area contributed by atoms with Gasteiger partial charge < -0.3 is 10.6 Å². The molecule has 1 amide bonds. The molecule has 0 aromatic heterocycles. The molecule has 1 aromatic rings. The summed E-state index contributed by atoms with van der Waals surface area (Å²) >= 11 is 0. The maximum Gasteiger partial charge on any atom is 0.390 e. The van der Waals surface area contributed by atoms with Gasteiger partial charge in [0.2, 0.25) is 0 Å². The fraction of sp³-hybridized carbons (Fsp3) is 0.400. The molecule has 22 heavy (non-hydrogen) atoms. The van der Waals surface area contributed by atoms with Gasteiger partial charge in [-0.2, -0.15) is 13.2 Å². The number of halogens is 4. The molecule has 0 radical (unpaired) electrons. The van der Waals surface area contributed by atoms with Crippen LogP contribution >= 0.6 is 0 Å². The molecule has 120 valence electrons. The summed E-state index contributed by atoms with van der Waals surface area (Å²) < 4.78 is 49.7. The second-order valence-electron chi connectivity index (χ2n) is 5.21. The van der Waals surface area contributed by atoms with Crippen molar-refractivity contribution >= 4 is 11.6 Å². The summed E-state index contributed by atoms with van der Waals surface area (Å²) in [4.78, 5) is 12.1. The molecule has 1 aromatic carbocycles. The Labute approximate surface area is 126 Å². The lowest BCUT2D eigenvalue weighted by molar-refractivity contribution is -0.131. The number of rotatable bonds is 5. The minimum Gasteiger partial charge on any atom is -0.384 e. The van der Waals surface area contributed by atoms with Gasteiger partial charge in [-0.05, 0) is 32.0 Å². The minimum atomic E-state index is -4.34. The topological polar surface area (TPSA) is 41.1 Å². The molecule has 0 aliphatic heterocycles. The van der Waals surface area contributed by atoms with Gasteiger partial charge in [-0.25, -0.2) is 4.39 Å². The summed E-state index contributed by atoms with van der Waals surface area (Å²) in [5.74, 6) is 1.10. The molecule has 0 unspecified atom stereocenters. The first-order chi connectivity index (χ1) is 10.0. The van der Waals surface area contributed by atoms with Gasteiger partial charge >= 0.3 is 6.18 Å². The van der Waals surface area contributed by atoms with Gasteiger partial charge in [-0.3, -0.25) is 4.79 Å². The third kappa shape index (κ3) is 5.64. The average molecular weight is 316 g/mol. The molecule has 7 heteroatoms. The number of benzene rings is 1. The molecule has 0 saturated carbocycles. The van der Waals surface area contributed by atoms with Crippen LogP contribution in [0.1, 0.15) is 30.6 Å². The standard InChI is InChI=1S/C15H16F4N2O/c1-4-14(2,3)21-13(22)11-6-5-10(16)9-12(11)20-8-7-15(17,18)19/h1,5-6,9,20H,7-8H2,2-3H3,(H,21,22). The number of hydrogen-bond donors (Lipinski definition) is 2. The first-order valence-corrected chi connectivity index (χ1v) is 6.44. The van der Waals surface area contributed by atoms with Crippen molar-refractivity contribution in [1.82, 2.24) is 5.32 Å². The van der Waals surface area contributed by atoms with E-state index in [1.165, 1.54) is 6.07 Å². The van der Waals surface area contributed by atoms with Crippen LogP contribution < -0.4 is 10.6 Å². The third-order valence-electron chi connectivity index (χ3n) is 2.74. The Morgan fingerprint density at radius 2 is 1.95 bits per heavy atom. The maximum absolute atomic E-state index is 13.2. The fourth-order valence-corrected chi connectivity index (χ4v) is 1.59. The Balaban J connectivity index is 2.91. The lowest BCUT2D eigenvalue weighted by Gasteiger charge is -2.21. The highest BCUT2D eigenvalue weighted by Crippen LogP contribution is 2.22. The molecule has 0 bridgehead atoms. The van der Waals surface area contributed by atoms with E-state index in [4.69, 9.17) is 6.42 Å². The van der Waals surface area contributed by atoms with Crippen LogP contribution in [0.25, 0.3) is 0 Å². The first-order valence-electron chi connectivity index (χ1n) is 6.44. The molecular formula is C15H16F4N2O. The van der Waals surface area contributed by atoms with E-state index in [2.05, 4.69) is 16.6 Å². The van der Waals surface area contributed by atoms with Crippen molar-refractivity contribution in [3.05, 3.63) is 29.6 Å². The van der Waals surface area contributed by atoms with Crippen molar-refractivity contribution in [2.75, 3.05) is 11.9 Å². The monoisotopic (exact) mass is 316 g/mol. The fourth-order valence-electron chi connectivity index (χ4n) is 1.59. The summed E-state index contributed by atoms with van der Waals surface area (Å²) in [7, 11) is 0. The van der Waals surface area contributed by atoms with Gasteiger partial charge in [0.15, 0.2) is 0 Å². The number of alkyl halides is 3. The summed E-state index contributed by atoms with van der Waals surface area (Å²) in [6.45, 7) is 2.71. The van der Waals surface area contributed by atoms with Crippen molar-refractivity contribution in [3.8, 4) is 12.3 Å². The zero-order valence-electron chi connectivity index (χ0n) is 12.1. The molecule has 2 N–H and O–H groups in total. The molecule has 0 fully saturated rings. The molecule has 0 atom stereocenters. The molecule has 0 heterocycles. The zero-order chi connectivity index (χ0) is 17.0. The van der Waals surface area contributed by atoms with Gasteiger partial charge in [0.1, 0.15) is 5.82 Å². The Morgan fingerprint density at radius 3 is 2.50 bits per heavy atom. The SMILES string of the molecule is C#CC(C)(C)NC(=O)c1ccc(F)cc1NCCC(F)(F)F. The number of terminal acetylenes is 1. The van der Waals surface area contributed by atoms with E-state index < -0.39 is 36.4 Å². The number of nitrogens with one attached hydrogen (secondary N) is 2. The van der Waals surface area contributed by atoms with Crippen LogP contribution in [0.5, 0.6) is 0 Å². The van der Waals surface area contributed by atoms with Gasteiger partial charge in [0, 0.05) is 12.2 Å². The highest BCUT2D eigenvalue weighted by atomic mass is 19.4. The van der Waals surface area contributed by atoms with E-state index in [9.17, 15) is 22.4 Å². The number of carbonyl (C=O) groups is 1. The van der Waals surface area contributed by atoms with E-state index in [1.54, 1.807) is 13.8 Å². The van der Waals surface area contributed by atoms with Gasteiger partial charge in [0.05, 0.1) is 17.5 Å². The largest absolute Gasteiger partial charge is 0.390 e. The molecule has 0 saturated heterocycles.